The molecule has 0 N–H and O–H groups in total. The van der Waals surface area contributed by atoms with E-state index in [1.807, 2.05) is 42.5 Å². The lowest BCUT2D eigenvalue weighted by atomic mass is 10.1. The molecule has 1 atom stereocenters. The van der Waals surface area contributed by atoms with Crippen molar-refractivity contribution in [1.29, 1.82) is 0 Å². The van der Waals surface area contributed by atoms with E-state index in [1.54, 1.807) is 0 Å². The van der Waals surface area contributed by atoms with Gasteiger partial charge < -0.3 is 9.47 Å². The van der Waals surface area contributed by atoms with E-state index >= 15 is 0 Å². The van der Waals surface area contributed by atoms with Gasteiger partial charge in [-0.05, 0) is 18.5 Å². The van der Waals surface area contributed by atoms with Gasteiger partial charge in [0.15, 0.2) is 0 Å². The first-order valence-corrected chi connectivity index (χ1v) is 8.72. The molecule has 0 saturated carbocycles. The van der Waals surface area contributed by atoms with Crippen LogP contribution < -0.4 is 0 Å². The van der Waals surface area contributed by atoms with Crippen LogP contribution in [0.2, 0.25) is 0 Å². The molecule has 1 aliphatic rings. The van der Waals surface area contributed by atoms with Crippen molar-refractivity contribution < 1.29 is 4.79 Å². The third kappa shape index (κ3) is 3.67. The smallest absolute Gasteiger partial charge is 0.223 e. The molecular weight excluding hydrogens is 300 g/mol. The van der Waals surface area contributed by atoms with Crippen LogP contribution in [0.1, 0.15) is 30.8 Å². The van der Waals surface area contributed by atoms with Crippen LogP contribution in [-0.2, 0) is 18.3 Å². The Kier molecular flexibility index (Phi) is 5.30. The highest BCUT2D eigenvalue weighted by atomic mass is 16.2. The largest absolute Gasteiger partial charge is 0.339 e. The minimum Gasteiger partial charge on any atom is -0.339 e. The van der Waals surface area contributed by atoms with Gasteiger partial charge in [-0.1, -0.05) is 37.3 Å². The number of amides is 1. The van der Waals surface area contributed by atoms with Gasteiger partial charge in [-0.2, -0.15) is 0 Å². The van der Waals surface area contributed by atoms with Gasteiger partial charge in [0.05, 0.1) is 6.04 Å². The highest BCUT2D eigenvalue weighted by molar-refractivity contribution is 5.76. The molecule has 2 aromatic rings. The Morgan fingerprint density at radius 2 is 2.04 bits per heavy atom. The quantitative estimate of drug-likeness (QED) is 0.846. The predicted molar refractivity (Wildman–Crippen MR) is 94.5 cm³/mol. The van der Waals surface area contributed by atoms with Gasteiger partial charge >= 0.3 is 0 Å². The van der Waals surface area contributed by atoms with Crippen molar-refractivity contribution in [3.05, 3.63) is 54.1 Å². The number of nitrogens with zero attached hydrogens (tertiary/aromatic N) is 4. The number of hydrogen-bond donors (Lipinski definition) is 0. The molecule has 2 heterocycles. The Morgan fingerprint density at radius 1 is 1.25 bits per heavy atom. The fourth-order valence-electron chi connectivity index (χ4n) is 3.42. The Labute approximate surface area is 143 Å². The normalized spacial score (nSPS) is 18.8. The summed E-state index contributed by atoms with van der Waals surface area (Å²) in [5.74, 6) is 1.28. The highest BCUT2D eigenvalue weighted by Gasteiger charge is 2.31. The van der Waals surface area contributed by atoms with Crippen LogP contribution >= 0.6 is 0 Å². The maximum absolute atomic E-state index is 12.6. The molecule has 5 heteroatoms. The van der Waals surface area contributed by atoms with E-state index in [2.05, 4.69) is 33.5 Å². The van der Waals surface area contributed by atoms with Crippen LogP contribution in [0.3, 0.4) is 0 Å². The molecule has 5 nitrogen and oxygen atoms in total. The van der Waals surface area contributed by atoms with Gasteiger partial charge in [0.2, 0.25) is 5.91 Å². The Morgan fingerprint density at radius 3 is 2.71 bits per heavy atom. The van der Waals surface area contributed by atoms with Gasteiger partial charge in [-0.25, -0.2) is 4.98 Å². The van der Waals surface area contributed by atoms with Crippen molar-refractivity contribution >= 4 is 5.91 Å². The van der Waals surface area contributed by atoms with Crippen molar-refractivity contribution in [3.63, 3.8) is 0 Å². The topological polar surface area (TPSA) is 41.4 Å². The minimum atomic E-state index is 0.185. The lowest BCUT2D eigenvalue weighted by molar-refractivity contribution is -0.134. The Bertz CT molecular complexity index is 667. The molecule has 1 aliphatic heterocycles. The van der Waals surface area contributed by atoms with E-state index in [-0.39, 0.29) is 11.9 Å². The van der Waals surface area contributed by atoms with Gasteiger partial charge in [-0.15, -0.1) is 0 Å². The average Bonchev–Trinajstić information content (AvgIpc) is 3.05. The Hall–Kier alpha value is -2.14. The first-order chi connectivity index (χ1) is 11.7. The summed E-state index contributed by atoms with van der Waals surface area (Å²) < 4.78 is 2.06. The van der Waals surface area contributed by atoms with Crippen molar-refractivity contribution in [3.8, 4) is 0 Å². The van der Waals surface area contributed by atoms with Gasteiger partial charge in [0, 0.05) is 45.5 Å². The molecule has 128 valence electrons. The summed E-state index contributed by atoms with van der Waals surface area (Å²) in [5.41, 5.74) is 1.22. The van der Waals surface area contributed by atoms with Crippen LogP contribution in [0.4, 0.5) is 0 Å². The van der Waals surface area contributed by atoms with Crippen molar-refractivity contribution in [2.75, 3.05) is 26.2 Å². The molecule has 0 radical (unpaired) electrons. The summed E-state index contributed by atoms with van der Waals surface area (Å²) >= 11 is 0. The lowest BCUT2D eigenvalue weighted by Crippen LogP contribution is -2.51. The molecule has 1 saturated heterocycles. The van der Waals surface area contributed by atoms with E-state index in [0.29, 0.717) is 6.42 Å². The molecule has 0 unspecified atom stereocenters. The predicted octanol–water partition coefficient (Wildman–Crippen LogP) is 2.26. The van der Waals surface area contributed by atoms with Crippen LogP contribution in [0.5, 0.6) is 0 Å². The third-order valence-corrected chi connectivity index (χ3v) is 4.88. The molecular formula is C19H26N4O. The lowest BCUT2D eigenvalue weighted by Gasteiger charge is -2.40. The zero-order valence-electron chi connectivity index (χ0n) is 14.6. The molecule has 0 bridgehead atoms. The monoisotopic (exact) mass is 326 g/mol. The molecule has 24 heavy (non-hydrogen) atoms. The zero-order valence-corrected chi connectivity index (χ0v) is 14.6. The molecule has 0 spiro atoms. The minimum absolute atomic E-state index is 0.185. The molecule has 1 aromatic carbocycles. The number of carbonyl (C=O) groups excluding carboxylic acids is 1. The van der Waals surface area contributed by atoms with Gasteiger partial charge in [0.1, 0.15) is 5.82 Å². The van der Waals surface area contributed by atoms with E-state index in [1.165, 1.54) is 5.56 Å². The van der Waals surface area contributed by atoms with Crippen LogP contribution in [0, 0.1) is 0 Å². The molecule has 1 fully saturated rings. The fourth-order valence-corrected chi connectivity index (χ4v) is 3.42. The summed E-state index contributed by atoms with van der Waals surface area (Å²) in [6.07, 6.45) is 5.18. The summed E-state index contributed by atoms with van der Waals surface area (Å²) in [6.45, 7) is 5.59. The highest BCUT2D eigenvalue weighted by Crippen LogP contribution is 2.24. The maximum atomic E-state index is 12.6. The molecule has 3 rings (SSSR count). The number of imidazole rings is 1. The SMILES string of the molecule is CCN1CCN(C(=O)CCc2ccccc2)C[C@H]1c1nccn1C. The van der Waals surface area contributed by atoms with E-state index in [4.69, 9.17) is 0 Å². The van der Waals surface area contributed by atoms with Crippen LogP contribution in [0.15, 0.2) is 42.7 Å². The molecule has 1 aromatic heterocycles. The summed E-state index contributed by atoms with van der Waals surface area (Å²) in [4.78, 5) is 21.6. The summed E-state index contributed by atoms with van der Waals surface area (Å²) in [7, 11) is 2.02. The van der Waals surface area contributed by atoms with Gasteiger partial charge in [0.25, 0.3) is 0 Å². The van der Waals surface area contributed by atoms with Crippen molar-refractivity contribution in [2.45, 2.75) is 25.8 Å². The number of rotatable bonds is 5. The van der Waals surface area contributed by atoms with Crippen molar-refractivity contribution in [1.82, 2.24) is 19.4 Å². The second kappa shape index (κ2) is 7.62. The zero-order chi connectivity index (χ0) is 16.9. The summed E-state index contributed by atoms with van der Waals surface area (Å²) in [6, 6.07) is 10.4. The number of piperazine rings is 1. The third-order valence-electron chi connectivity index (χ3n) is 4.88. The second-order valence-corrected chi connectivity index (χ2v) is 6.37. The van der Waals surface area contributed by atoms with E-state index in [9.17, 15) is 4.79 Å². The number of benzene rings is 1. The summed E-state index contributed by atoms with van der Waals surface area (Å²) in [5, 5.41) is 0. The second-order valence-electron chi connectivity index (χ2n) is 6.37. The molecule has 1 amide bonds. The number of aromatic nitrogens is 2. The standard InChI is InChI=1S/C19H26N4O/c1-3-22-13-14-23(15-17(22)19-20-11-12-21(19)2)18(24)10-9-16-7-5-4-6-8-16/h4-8,11-12,17H,3,9-10,13-15H2,1-2H3/t17-/m0/s1. The first-order valence-electron chi connectivity index (χ1n) is 8.72. The van der Waals surface area contributed by atoms with Crippen LogP contribution in [-0.4, -0.2) is 51.4 Å². The Balaban J connectivity index is 1.64. The average molecular weight is 326 g/mol. The molecule has 0 aliphatic carbocycles. The van der Waals surface area contributed by atoms with E-state index < -0.39 is 0 Å². The van der Waals surface area contributed by atoms with Crippen LogP contribution in [0.25, 0.3) is 0 Å². The van der Waals surface area contributed by atoms with Gasteiger partial charge in [-0.3, -0.25) is 9.69 Å². The number of likely N-dealkylation sites (N-methyl/N-ethyl adjacent to an activating group) is 1. The number of aryl methyl sites for hydroxylation is 2. The first kappa shape index (κ1) is 16.7. The number of carbonyl (C=O) groups is 1. The van der Waals surface area contributed by atoms with Crippen molar-refractivity contribution in [2.24, 2.45) is 7.05 Å². The maximum Gasteiger partial charge on any atom is 0.223 e. The van der Waals surface area contributed by atoms with E-state index in [0.717, 1.165) is 38.4 Å². The fraction of sp³-hybridized carbons (Fsp3) is 0.474. The number of hydrogen-bond acceptors (Lipinski definition) is 3.